The van der Waals surface area contributed by atoms with Gasteiger partial charge in [0.1, 0.15) is 4.87 Å². The third-order valence-electron chi connectivity index (χ3n) is 6.19. The van der Waals surface area contributed by atoms with E-state index in [9.17, 15) is 9.70 Å². The molecule has 1 amide bonds. The predicted molar refractivity (Wildman–Crippen MR) is 123 cm³/mol. The van der Waals surface area contributed by atoms with Gasteiger partial charge in [0, 0.05) is 34.3 Å². The molecule has 2 heterocycles. The van der Waals surface area contributed by atoms with E-state index in [1.165, 1.54) is 5.69 Å². The number of carbonyl (C=O) groups excluding carboxylic acids is 1. The molecule has 1 saturated heterocycles. The Balaban J connectivity index is 1.29. The van der Waals surface area contributed by atoms with Crippen LogP contribution in [0, 0.1) is 10.8 Å². The number of rotatable bonds is 3. The van der Waals surface area contributed by atoms with Gasteiger partial charge in [0.05, 0.1) is 29.5 Å². The second-order valence-corrected chi connectivity index (χ2v) is 9.13. The van der Waals surface area contributed by atoms with Gasteiger partial charge in [-0.05, 0) is 43.3 Å². The summed E-state index contributed by atoms with van der Waals surface area (Å²) in [5.41, 5.74) is 2.70. The second-order valence-electron chi connectivity index (χ2n) is 8.05. The fourth-order valence-electron chi connectivity index (χ4n) is 4.40. The Morgan fingerprint density at radius 1 is 1.00 bits per heavy atom. The van der Waals surface area contributed by atoms with E-state index in [2.05, 4.69) is 22.3 Å². The fourth-order valence-corrected chi connectivity index (χ4v) is 5.54. The van der Waals surface area contributed by atoms with Gasteiger partial charge < -0.3 is 10.2 Å². The number of hydrogen-bond donors (Lipinski definition) is 1. The lowest BCUT2D eigenvalue weighted by molar-refractivity contribution is -0.731. The number of fused-ring (bicyclic) bond motifs is 1. The monoisotopic (exact) mass is 433 g/mol. The normalized spacial score (nSPS) is 23.1. The van der Waals surface area contributed by atoms with E-state index in [1.54, 1.807) is 11.8 Å². The summed E-state index contributed by atoms with van der Waals surface area (Å²) in [6, 6.07) is 17.6. The first kappa shape index (κ1) is 19.9. The topological polar surface area (TPSA) is 55.7 Å². The highest BCUT2D eigenvalue weighted by molar-refractivity contribution is 8.03. The number of anilines is 1. The lowest BCUT2D eigenvalue weighted by Crippen LogP contribution is -2.53. The number of nitrogens with one attached hydrogen (secondary N) is 1. The lowest BCUT2D eigenvalue weighted by Gasteiger charge is -2.33. The molecule has 7 heteroatoms. The van der Waals surface area contributed by atoms with Gasteiger partial charge in [-0.1, -0.05) is 42.1 Å². The minimum absolute atomic E-state index is 0.108. The summed E-state index contributed by atoms with van der Waals surface area (Å²) in [6.07, 6.45) is 3.96. The summed E-state index contributed by atoms with van der Waals surface area (Å²) in [4.78, 5) is 31.4. The highest BCUT2D eigenvalue weighted by atomic mass is 32.2. The van der Waals surface area contributed by atoms with E-state index >= 15 is 0 Å². The minimum Gasteiger partial charge on any atom is -0.368 e. The van der Waals surface area contributed by atoms with Crippen LogP contribution >= 0.6 is 11.8 Å². The third kappa shape index (κ3) is 3.74. The van der Waals surface area contributed by atoms with Crippen LogP contribution in [0.5, 0.6) is 0 Å². The molecule has 0 saturated carbocycles. The molecule has 31 heavy (non-hydrogen) atoms. The smallest absolute Gasteiger partial charge is 0.261 e. The molecule has 1 aliphatic carbocycles. The Hall–Kier alpha value is -3.06. The minimum atomic E-state index is -0.343. The van der Waals surface area contributed by atoms with Crippen LogP contribution < -0.4 is 10.2 Å². The van der Waals surface area contributed by atoms with Gasteiger partial charge in [-0.15, -0.1) is 5.01 Å². The Bertz CT molecular complexity index is 1070. The number of hydrazine groups is 1. The van der Waals surface area contributed by atoms with Crippen LogP contribution in [0.15, 0.2) is 82.2 Å². The van der Waals surface area contributed by atoms with Crippen molar-refractivity contribution in [3.8, 4) is 0 Å². The molecule has 5 rings (SSSR count). The SMILES string of the molecule is CC1C2=C(C=CC1[N+](=O)N1CCN(c3ccccc3)CC1)Sc1ccccc1C(=O)N2. The molecule has 2 unspecified atom stereocenters. The number of hydrogen-bond acceptors (Lipinski definition) is 4. The Morgan fingerprint density at radius 3 is 2.48 bits per heavy atom. The van der Waals surface area contributed by atoms with Gasteiger partial charge in [0.25, 0.3) is 11.9 Å². The molecule has 2 aromatic rings. The van der Waals surface area contributed by atoms with Crippen molar-refractivity contribution in [3.63, 3.8) is 0 Å². The number of piperazine rings is 1. The van der Waals surface area contributed by atoms with Gasteiger partial charge in [-0.3, -0.25) is 4.79 Å². The molecule has 1 N–H and O–H groups in total. The van der Waals surface area contributed by atoms with E-state index in [0.29, 0.717) is 18.7 Å². The van der Waals surface area contributed by atoms with Gasteiger partial charge in [0.15, 0.2) is 0 Å². The molecule has 2 aromatic carbocycles. The van der Waals surface area contributed by atoms with E-state index in [1.807, 2.05) is 66.5 Å². The first-order valence-corrected chi connectivity index (χ1v) is 11.5. The summed E-state index contributed by atoms with van der Waals surface area (Å²) >= 11 is 1.59. The maximum atomic E-state index is 13.3. The summed E-state index contributed by atoms with van der Waals surface area (Å²) in [6.45, 7) is 4.99. The van der Waals surface area contributed by atoms with Crippen molar-refractivity contribution in [2.45, 2.75) is 17.9 Å². The molecule has 1 fully saturated rings. The van der Waals surface area contributed by atoms with E-state index in [0.717, 1.165) is 33.5 Å². The van der Waals surface area contributed by atoms with Crippen molar-refractivity contribution in [3.05, 3.63) is 87.8 Å². The van der Waals surface area contributed by atoms with E-state index in [-0.39, 0.29) is 17.9 Å². The zero-order chi connectivity index (χ0) is 21.4. The van der Waals surface area contributed by atoms with Crippen molar-refractivity contribution < 1.29 is 9.66 Å². The number of para-hydroxylation sites is 1. The molecule has 0 spiro atoms. The Labute approximate surface area is 186 Å². The molecule has 158 valence electrons. The van der Waals surface area contributed by atoms with Crippen molar-refractivity contribution in [1.82, 2.24) is 10.3 Å². The summed E-state index contributed by atoms with van der Waals surface area (Å²) in [5.74, 6) is -0.224. The highest BCUT2D eigenvalue weighted by Gasteiger charge is 2.42. The van der Waals surface area contributed by atoms with E-state index in [4.69, 9.17) is 0 Å². The number of allylic oxidation sites excluding steroid dienone is 1. The molecular formula is C24H25N4O2S+. The Kier molecular flexibility index (Phi) is 5.28. The molecule has 2 aliphatic heterocycles. The average Bonchev–Trinajstić information content (AvgIpc) is 2.96. The first-order valence-electron chi connectivity index (χ1n) is 10.6. The highest BCUT2D eigenvalue weighted by Crippen LogP contribution is 2.40. The molecule has 0 bridgehead atoms. The van der Waals surface area contributed by atoms with Gasteiger partial charge in [0.2, 0.25) is 0 Å². The number of nitroso groups, excluding NO2 is 1. The standard InChI is InChI=1S/C24H24N4O2S/c1-17-20(28(30)27-15-13-26(14-16-27)18-7-3-2-4-8-18)11-12-22-23(17)25-24(29)19-9-5-6-10-21(19)31-22/h2-12,17,20H,13-16H2,1H3/p+1. The van der Waals surface area contributed by atoms with Crippen LogP contribution in [0.1, 0.15) is 17.3 Å². The van der Waals surface area contributed by atoms with Crippen LogP contribution in [0.25, 0.3) is 0 Å². The summed E-state index contributed by atoms with van der Waals surface area (Å²) in [5, 5.41) is 4.97. The maximum absolute atomic E-state index is 13.3. The quantitative estimate of drug-likeness (QED) is 0.746. The zero-order valence-electron chi connectivity index (χ0n) is 17.4. The van der Waals surface area contributed by atoms with Gasteiger partial charge in [-0.25, -0.2) is 0 Å². The lowest BCUT2D eigenvalue weighted by atomic mass is 9.93. The molecule has 0 aromatic heterocycles. The van der Waals surface area contributed by atoms with E-state index < -0.39 is 0 Å². The number of amides is 1. The molecule has 6 nitrogen and oxygen atoms in total. The van der Waals surface area contributed by atoms with Crippen LogP contribution in [0.4, 0.5) is 5.69 Å². The number of thioether (sulfide) groups is 1. The predicted octanol–water partition coefficient (Wildman–Crippen LogP) is 3.82. The van der Waals surface area contributed by atoms with Gasteiger partial charge >= 0.3 is 0 Å². The van der Waals surface area contributed by atoms with Crippen LogP contribution in [-0.2, 0) is 0 Å². The number of nitrogens with zero attached hydrogens (tertiary/aromatic N) is 3. The number of carbonyl (C=O) groups is 1. The molecule has 2 atom stereocenters. The van der Waals surface area contributed by atoms with Crippen LogP contribution in [0.3, 0.4) is 0 Å². The molecule has 3 aliphatic rings. The van der Waals surface area contributed by atoms with Crippen molar-refractivity contribution in [2.75, 3.05) is 31.1 Å². The third-order valence-corrected chi connectivity index (χ3v) is 7.34. The zero-order valence-corrected chi connectivity index (χ0v) is 18.2. The summed E-state index contributed by atoms with van der Waals surface area (Å²) < 4.78 is 0. The van der Waals surface area contributed by atoms with Crippen LogP contribution in [-0.4, -0.2) is 48.0 Å². The largest absolute Gasteiger partial charge is 0.368 e. The fraction of sp³-hybridized carbons (Fsp3) is 0.292. The maximum Gasteiger partial charge on any atom is 0.261 e. The second kappa shape index (κ2) is 8.23. The van der Waals surface area contributed by atoms with Crippen molar-refractivity contribution >= 4 is 23.4 Å². The van der Waals surface area contributed by atoms with Crippen LogP contribution in [0.2, 0.25) is 0 Å². The number of benzene rings is 2. The van der Waals surface area contributed by atoms with Gasteiger partial charge in [-0.2, -0.15) is 0 Å². The Morgan fingerprint density at radius 2 is 1.71 bits per heavy atom. The van der Waals surface area contributed by atoms with Crippen molar-refractivity contribution in [2.24, 2.45) is 5.92 Å². The first-order chi connectivity index (χ1) is 15.1. The van der Waals surface area contributed by atoms with Crippen molar-refractivity contribution in [1.29, 1.82) is 0 Å². The molecular weight excluding hydrogens is 408 g/mol. The summed E-state index contributed by atoms with van der Waals surface area (Å²) in [7, 11) is 0. The molecule has 0 radical (unpaired) electrons. The average molecular weight is 434 g/mol.